The average Bonchev–Trinajstić information content (AvgIpc) is 2.70. The fraction of sp³-hybridized carbons (Fsp3) is 0.909. The van der Waals surface area contributed by atoms with Crippen LogP contribution in [0.2, 0.25) is 0 Å². The van der Waals surface area contributed by atoms with Crippen LogP contribution >= 0.6 is 0 Å². The van der Waals surface area contributed by atoms with E-state index in [2.05, 4.69) is 38.3 Å². The van der Waals surface area contributed by atoms with Crippen molar-refractivity contribution in [2.45, 2.75) is 91.2 Å². The van der Waals surface area contributed by atoms with Crippen molar-refractivity contribution in [2.75, 3.05) is 26.2 Å². The van der Waals surface area contributed by atoms with Gasteiger partial charge in [-0.25, -0.2) is 0 Å². The van der Waals surface area contributed by atoms with Crippen LogP contribution in [0.4, 0.5) is 0 Å². The Morgan fingerprint density at radius 2 is 1.86 bits per heavy atom. The fourth-order valence-electron chi connectivity index (χ4n) is 4.48. The Balaban J connectivity index is 1.88. The number of hydrogen-bond donors (Lipinski definition) is 3. The first kappa shape index (κ1) is 23.0. The highest BCUT2D eigenvalue weighted by molar-refractivity contribution is 5.80. The van der Waals surface area contributed by atoms with Crippen LogP contribution in [-0.2, 0) is 4.79 Å². The van der Waals surface area contributed by atoms with Gasteiger partial charge in [0.15, 0.2) is 5.96 Å². The largest absolute Gasteiger partial charge is 0.392 e. The second-order valence-electron chi connectivity index (χ2n) is 8.87. The Kier molecular flexibility index (Phi) is 9.06. The lowest BCUT2D eigenvalue weighted by Gasteiger charge is -2.37. The van der Waals surface area contributed by atoms with E-state index in [0.29, 0.717) is 18.5 Å². The third-order valence-electron chi connectivity index (χ3n) is 6.70. The van der Waals surface area contributed by atoms with E-state index in [1.165, 1.54) is 6.42 Å². The Bertz CT molecular complexity index is 513. The van der Waals surface area contributed by atoms with Crippen LogP contribution in [0.5, 0.6) is 0 Å². The maximum absolute atomic E-state index is 12.6. The molecule has 2 rings (SSSR count). The third-order valence-corrected chi connectivity index (χ3v) is 6.70. The van der Waals surface area contributed by atoms with E-state index in [9.17, 15) is 9.90 Å². The van der Waals surface area contributed by atoms with Gasteiger partial charge in [0.2, 0.25) is 5.91 Å². The SMILES string of the molecule is CCNC(=NCC1(C)CCCCC1O)NC1CCN(C(=O)C(CC)CC)CC1. The number of aliphatic hydroxyl groups is 1. The highest BCUT2D eigenvalue weighted by atomic mass is 16.3. The number of amides is 1. The predicted octanol–water partition coefficient (Wildman–Crippen LogP) is 2.91. The van der Waals surface area contributed by atoms with Crippen LogP contribution in [-0.4, -0.2) is 60.2 Å². The topological polar surface area (TPSA) is 77.0 Å². The van der Waals surface area contributed by atoms with Gasteiger partial charge < -0.3 is 20.6 Å². The van der Waals surface area contributed by atoms with E-state index in [0.717, 1.165) is 70.5 Å². The summed E-state index contributed by atoms with van der Waals surface area (Å²) in [4.78, 5) is 19.4. The highest BCUT2D eigenvalue weighted by Crippen LogP contribution is 2.36. The van der Waals surface area contributed by atoms with Gasteiger partial charge in [0.1, 0.15) is 0 Å². The van der Waals surface area contributed by atoms with Crippen molar-refractivity contribution in [3.8, 4) is 0 Å². The molecule has 2 fully saturated rings. The molecule has 2 aliphatic rings. The number of piperidine rings is 1. The summed E-state index contributed by atoms with van der Waals surface area (Å²) in [5.41, 5.74) is -0.119. The van der Waals surface area contributed by atoms with Gasteiger partial charge in [-0.2, -0.15) is 0 Å². The number of aliphatic imine (C=N–C) groups is 1. The molecule has 6 heteroatoms. The molecule has 0 aromatic rings. The summed E-state index contributed by atoms with van der Waals surface area (Å²) in [7, 11) is 0. The normalized spacial score (nSPS) is 27.1. The summed E-state index contributed by atoms with van der Waals surface area (Å²) in [6, 6.07) is 0.340. The molecule has 28 heavy (non-hydrogen) atoms. The van der Waals surface area contributed by atoms with Crippen LogP contribution < -0.4 is 10.6 Å². The van der Waals surface area contributed by atoms with Gasteiger partial charge in [-0.05, 0) is 45.4 Å². The number of rotatable bonds is 7. The molecule has 1 amide bonds. The zero-order valence-corrected chi connectivity index (χ0v) is 18.5. The standard InChI is InChI=1S/C22H42N4O2/c1-5-17(6-2)20(28)26-14-11-18(12-15-26)25-21(23-7-3)24-16-22(4)13-9-8-10-19(22)27/h17-19,27H,5-16H2,1-4H3,(H2,23,24,25). The van der Waals surface area contributed by atoms with Crippen molar-refractivity contribution >= 4 is 11.9 Å². The van der Waals surface area contributed by atoms with Crippen molar-refractivity contribution < 1.29 is 9.90 Å². The van der Waals surface area contributed by atoms with Crippen molar-refractivity contribution in [1.82, 2.24) is 15.5 Å². The van der Waals surface area contributed by atoms with Crippen molar-refractivity contribution in [1.29, 1.82) is 0 Å². The lowest BCUT2D eigenvalue weighted by atomic mass is 9.73. The first-order valence-electron chi connectivity index (χ1n) is 11.4. The molecule has 162 valence electrons. The Morgan fingerprint density at radius 1 is 1.18 bits per heavy atom. The second kappa shape index (κ2) is 11.0. The van der Waals surface area contributed by atoms with Crippen LogP contribution in [0.15, 0.2) is 4.99 Å². The lowest BCUT2D eigenvalue weighted by Crippen LogP contribution is -2.51. The molecular formula is C22H42N4O2. The molecule has 3 N–H and O–H groups in total. The fourth-order valence-corrected chi connectivity index (χ4v) is 4.48. The van der Waals surface area contributed by atoms with Gasteiger partial charge in [0.05, 0.1) is 12.6 Å². The van der Waals surface area contributed by atoms with E-state index in [1.54, 1.807) is 0 Å². The molecule has 1 saturated carbocycles. The van der Waals surface area contributed by atoms with Crippen LogP contribution in [0, 0.1) is 11.3 Å². The van der Waals surface area contributed by atoms with E-state index in [1.807, 2.05) is 4.90 Å². The summed E-state index contributed by atoms with van der Waals surface area (Å²) >= 11 is 0. The third kappa shape index (κ3) is 6.10. The van der Waals surface area contributed by atoms with E-state index < -0.39 is 0 Å². The summed E-state index contributed by atoms with van der Waals surface area (Å²) in [6.07, 6.45) is 7.72. The average molecular weight is 395 g/mol. The number of aliphatic hydroxyl groups excluding tert-OH is 1. The highest BCUT2D eigenvalue weighted by Gasteiger charge is 2.35. The first-order chi connectivity index (χ1) is 13.4. The maximum atomic E-state index is 12.6. The number of guanidine groups is 1. The van der Waals surface area contributed by atoms with Crippen LogP contribution in [0.25, 0.3) is 0 Å². The molecule has 0 spiro atoms. The summed E-state index contributed by atoms with van der Waals surface area (Å²) in [5.74, 6) is 1.33. The minimum Gasteiger partial charge on any atom is -0.392 e. The van der Waals surface area contributed by atoms with E-state index >= 15 is 0 Å². The van der Waals surface area contributed by atoms with Gasteiger partial charge in [0, 0.05) is 37.0 Å². The van der Waals surface area contributed by atoms with Gasteiger partial charge in [-0.1, -0.05) is 33.6 Å². The van der Waals surface area contributed by atoms with Crippen molar-refractivity contribution in [3.63, 3.8) is 0 Å². The lowest BCUT2D eigenvalue weighted by molar-refractivity contribution is -0.136. The predicted molar refractivity (Wildman–Crippen MR) is 115 cm³/mol. The molecule has 2 unspecified atom stereocenters. The number of hydrogen-bond acceptors (Lipinski definition) is 3. The maximum Gasteiger partial charge on any atom is 0.225 e. The second-order valence-corrected chi connectivity index (χ2v) is 8.87. The minimum atomic E-state index is -0.257. The van der Waals surface area contributed by atoms with Crippen LogP contribution in [0.3, 0.4) is 0 Å². The van der Waals surface area contributed by atoms with Gasteiger partial charge >= 0.3 is 0 Å². The molecule has 0 aromatic carbocycles. The summed E-state index contributed by atoms with van der Waals surface area (Å²) in [6.45, 7) is 11.5. The molecule has 2 atom stereocenters. The first-order valence-corrected chi connectivity index (χ1v) is 11.4. The molecule has 0 radical (unpaired) electrons. The zero-order valence-electron chi connectivity index (χ0n) is 18.5. The van der Waals surface area contributed by atoms with Crippen molar-refractivity contribution in [3.05, 3.63) is 0 Å². The van der Waals surface area contributed by atoms with E-state index in [-0.39, 0.29) is 17.4 Å². The molecule has 6 nitrogen and oxygen atoms in total. The minimum absolute atomic E-state index is 0.119. The van der Waals surface area contributed by atoms with E-state index in [4.69, 9.17) is 4.99 Å². The molecule has 0 aromatic heterocycles. The van der Waals surface area contributed by atoms with Gasteiger partial charge in [-0.15, -0.1) is 0 Å². The number of likely N-dealkylation sites (tertiary alicyclic amines) is 1. The number of carbonyl (C=O) groups excluding carboxylic acids is 1. The Labute approximate surface area is 171 Å². The monoisotopic (exact) mass is 394 g/mol. The smallest absolute Gasteiger partial charge is 0.225 e. The summed E-state index contributed by atoms with van der Waals surface area (Å²) in [5, 5.41) is 17.3. The number of nitrogens with one attached hydrogen (secondary N) is 2. The summed E-state index contributed by atoms with van der Waals surface area (Å²) < 4.78 is 0. The molecule has 0 bridgehead atoms. The quantitative estimate of drug-likeness (QED) is 0.458. The number of carbonyl (C=O) groups is 1. The van der Waals surface area contributed by atoms with Gasteiger partial charge in [-0.3, -0.25) is 9.79 Å². The van der Waals surface area contributed by atoms with Crippen LogP contribution in [0.1, 0.15) is 79.1 Å². The molecule has 1 heterocycles. The van der Waals surface area contributed by atoms with Crippen molar-refractivity contribution in [2.24, 2.45) is 16.3 Å². The van der Waals surface area contributed by atoms with Gasteiger partial charge in [0.25, 0.3) is 0 Å². The number of nitrogens with zero attached hydrogens (tertiary/aromatic N) is 2. The molecule has 1 aliphatic carbocycles. The molecule has 1 saturated heterocycles. The zero-order chi connectivity index (χ0) is 20.6. The Morgan fingerprint density at radius 3 is 2.43 bits per heavy atom. The molecule has 1 aliphatic heterocycles. The Hall–Kier alpha value is -1.30. The molecular weight excluding hydrogens is 352 g/mol.